The summed E-state index contributed by atoms with van der Waals surface area (Å²) >= 11 is 13.4. The molecule has 2 aromatic heterocycles. The maximum atomic E-state index is 15.6. The van der Waals surface area contributed by atoms with Crippen LogP contribution in [-0.2, 0) is 0 Å². The molecule has 15 heteroatoms. The number of nitrogens with zero attached hydrogens (tertiary/aromatic N) is 5. The van der Waals surface area contributed by atoms with Crippen LogP contribution in [0.15, 0.2) is 71.9 Å². The normalized spacial score (nSPS) is 13.2. The number of rotatable bonds is 8. The molecule has 3 aromatic carbocycles. The van der Waals surface area contributed by atoms with Gasteiger partial charge >= 0.3 is 0 Å². The molecular formula is C29H26Cl2F2N10S. The molecule has 1 aliphatic rings. The zero-order chi connectivity index (χ0) is 30.8. The van der Waals surface area contributed by atoms with Crippen molar-refractivity contribution in [3.63, 3.8) is 0 Å². The van der Waals surface area contributed by atoms with Crippen LogP contribution in [-0.4, -0.2) is 41.1 Å². The number of pyridine rings is 1. The van der Waals surface area contributed by atoms with Crippen molar-refractivity contribution in [2.75, 3.05) is 51.9 Å². The van der Waals surface area contributed by atoms with Crippen molar-refractivity contribution in [2.24, 2.45) is 5.84 Å². The van der Waals surface area contributed by atoms with Gasteiger partial charge in [-0.3, -0.25) is 5.01 Å². The van der Waals surface area contributed by atoms with E-state index in [9.17, 15) is 4.39 Å². The van der Waals surface area contributed by atoms with Gasteiger partial charge in [0.15, 0.2) is 11.6 Å². The predicted molar refractivity (Wildman–Crippen MR) is 175 cm³/mol. The Morgan fingerprint density at radius 3 is 2.59 bits per heavy atom. The van der Waals surface area contributed by atoms with E-state index >= 15 is 4.39 Å². The molecule has 0 atom stereocenters. The van der Waals surface area contributed by atoms with E-state index in [1.807, 2.05) is 12.1 Å². The first-order chi connectivity index (χ1) is 21.3. The number of para-hydroxylation sites is 1. The number of benzene rings is 3. The molecule has 0 saturated carbocycles. The maximum absolute atomic E-state index is 15.6. The summed E-state index contributed by atoms with van der Waals surface area (Å²) in [7, 11) is 0. The number of nitrogens with two attached hydrogens (primary N) is 2. The lowest BCUT2D eigenvalue weighted by Crippen LogP contribution is -2.43. The first-order valence-electron chi connectivity index (χ1n) is 13.4. The van der Waals surface area contributed by atoms with Gasteiger partial charge in [0.2, 0.25) is 0 Å². The monoisotopic (exact) mass is 654 g/mol. The molecule has 1 fully saturated rings. The lowest BCUT2D eigenvalue weighted by Gasteiger charge is -2.31. The number of anilines is 7. The Balaban J connectivity index is 1.30. The molecule has 7 N–H and O–H groups in total. The van der Waals surface area contributed by atoms with Crippen LogP contribution >= 0.6 is 35.1 Å². The van der Waals surface area contributed by atoms with Crippen molar-refractivity contribution in [1.82, 2.24) is 20.3 Å². The zero-order valence-electron chi connectivity index (χ0n) is 23.0. The topological polar surface area (TPSA) is 133 Å². The van der Waals surface area contributed by atoms with Crippen molar-refractivity contribution in [2.45, 2.75) is 4.90 Å². The molecule has 226 valence electrons. The molecule has 10 nitrogen and oxygen atoms in total. The predicted octanol–water partition coefficient (Wildman–Crippen LogP) is 6.48. The third-order valence-corrected chi connectivity index (χ3v) is 8.83. The Labute approximate surface area is 265 Å². The van der Waals surface area contributed by atoms with E-state index in [2.05, 4.69) is 35.2 Å². The molecule has 0 unspecified atom stereocenters. The molecular weight excluding hydrogens is 629 g/mol. The summed E-state index contributed by atoms with van der Waals surface area (Å²) in [6.45, 7) is 3.34. The molecule has 0 radical (unpaired) electrons. The van der Waals surface area contributed by atoms with Crippen LogP contribution in [0.25, 0.3) is 11.0 Å². The van der Waals surface area contributed by atoms with Crippen molar-refractivity contribution in [3.05, 3.63) is 88.7 Å². The van der Waals surface area contributed by atoms with Crippen LogP contribution in [0.2, 0.25) is 10.0 Å². The van der Waals surface area contributed by atoms with Crippen LogP contribution in [0.5, 0.6) is 0 Å². The highest BCUT2D eigenvalue weighted by atomic mass is 35.5. The highest BCUT2D eigenvalue weighted by Gasteiger charge is 2.21. The summed E-state index contributed by atoms with van der Waals surface area (Å²) in [5, 5.41) is 8.11. The first-order valence-corrected chi connectivity index (χ1v) is 15.0. The van der Waals surface area contributed by atoms with E-state index in [1.165, 1.54) is 17.4 Å². The summed E-state index contributed by atoms with van der Waals surface area (Å²) in [5.41, 5.74) is 8.75. The van der Waals surface area contributed by atoms with Crippen molar-refractivity contribution < 1.29 is 8.78 Å². The Bertz CT molecular complexity index is 1840. The van der Waals surface area contributed by atoms with Crippen LogP contribution in [0.4, 0.5) is 48.9 Å². The Hall–Kier alpha value is -4.14. The molecule has 44 heavy (non-hydrogen) atoms. The van der Waals surface area contributed by atoms with Gasteiger partial charge in [0.05, 0.1) is 38.3 Å². The lowest BCUT2D eigenvalue weighted by molar-refractivity contribution is 0.590. The summed E-state index contributed by atoms with van der Waals surface area (Å²) in [4.78, 5) is 15.9. The van der Waals surface area contributed by atoms with Gasteiger partial charge in [-0.05, 0) is 60.5 Å². The van der Waals surface area contributed by atoms with Gasteiger partial charge in [0.25, 0.3) is 0 Å². The fourth-order valence-electron chi connectivity index (χ4n) is 4.75. The average molecular weight is 656 g/mol. The summed E-state index contributed by atoms with van der Waals surface area (Å²) < 4.78 is 33.5. The van der Waals surface area contributed by atoms with Gasteiger partial charge in [0.1, 0.15) is 29.2 Å². The largest absolute Gasteiger partial charge is 0.395 e. The van der Waals surface area contributed by atoms with Gasteiger partial charge in [-0.1, -0.05) is 35.3 Å². The summed E-state index contributed by atoms with van der Waals surface area (Å²) in [6.07, 6.45) is 1.27. The molecule has 5 aromatic rings. The second-order valence-corrected chi connectivity index (χ2v) is 11.4. The Kier molecular flexibility index (Phi) is 8.73. The average Bonchev–Trinajstić information content (AvgIpc) is 3.04. The van der Waals surface area contributed by atoms with Gasteiger partial charge < -0.3 is 26.0 Å². The Morgan fingerprint density at radius 2 is 1.77 bits per heavy atom. The molecule has 0 aliphatic carbocycles. The number of nitrogen functional groups attached to an aromatic ring is 1. The molecule has 1 aliphatic heterocycles. The van der Waals surface area contributed by atoms with E-state index in [4.69, 9.17) is 34.8 Å². The lowest BCUT2D eigenvalue weighted by atomic mass is 10.2. The quantitative estimate of drug-likeness (QED) is 0.0545. The molecule has 1 saturated heterocycles. The third kappa shape index (κ3) is 5.97. The molecule has 0 spiro atoms. The summed E-state index contributed by atoms with van der Waals surface area (Å²) in [5.74, 6) is 5.22. The second kappa shape index (κ2) is 12.8. The van der Waals surface area contributed by atoms with Crippen LogP contribution in [0.3, 0.4) is 0 Å². The van der Waals surface area contributed by atoms with E-state index in [0.29, 0.717) is 37.7 Å². The number of hydrogen-bond donors (Lipinski definition) is 5. The minimum absolute atomic E-state index is 0.00919. The SMILES string of the molecule is Nc1c(N2CCNCC2)cccc1N(N)c1ccc2ncnc(Nc3c(F)ccc(NSc4cccc(Cl)c4Cl)c3F)c2n1. The second-order valence-electron chi connectivity index (χ2n) is 9.74. The highest BCUT2D eigenvalue weighted by molar-refractivity contribution is 8.00. The summed E-state index contributed by atoms with van der Waals surface area (Å²) in [6, 6.07) is 16.5. The van der Waals surface area contributed by atoms with Gasteiger partial charge in [-0.25, -0.2) is 29.6 Å². The molecule has 6 rings (SSSR count). The number of fused-ring (bicyclic) bond motifs is 1. The van der Waals surface area contributed by atoms with Crippen LogP contribution in [0.1, 0.15) is 0 Å². The standard InChI is InChI=1S/C29H26Cl2F2N10S/c30-16-3-1-6-22(24(16)31)44-41-18-8-7-17(32)27(25(18)33)40-29-28-19(37-15-38-29)9-10-23(39-28)43(35)21-5-2-4-20(26(21)34)42-13-11-36-12-14-42/h1-10,15,36,41H,11-14,34-35H2,(H,37,38,40). The van der Waals surface area contributed by atoms with E-state index in [1.54, 1.807) is 36.4 Å². The van der Waals surface area contributed by atoms with Gasteiger partial charge in [-0.2, -0.15) is 0 Å². The number of nitrogens with one attached hydrogen (secondary N) is 3. The van der Waals surface area contributed by atoms with E-state index in [-0.39, 0.29) is 17.0 Å². The molecule has 0 bridgehead atoms. The number of halogens is 4. The third-order valence-electron chi connectivity index (χ3n) is 7.01. The number of hydrazine groups is 1. The zero-order valence-corrected chi connectivity index (χ0v) is 25.3. The Morgan fingerprint density at radius 1 is 0.977 bits per heavy atom. The van der Waals surface area contributed by atoms with Gasteiger partial charge in [-0.15, -0.1) is 0 Å². The van der Waals surface area contributed by atoms with Gasteiger partial charge in [0, 0.05) is 31.1 Å². The van der Waals surface area contributed by atoms with Crippen molar-refractivity contribution in [3.8, 4) is 0 Å². The fourth-order valence-corrected chi connectivity index (χ4v) is 5.94. The highest BCUT2D eigenvalue weighted by Crippen LogP contribution is 2.38. The number of piperazine rings is 1. The fraction of sp³-hybridized carbons (Fsp3) is 0.138. The smallest absolute Gasteiger partial charge is 0.173 e. The van der Waals surface area contributed by atoms with Crippen molar-refractivity contribution in [1.29, 1.82) is 0 Å². The first kappa shape index (κ1) is 29.9. The number of aromatic nitrogens is 3. The van der Waals surface area contributed by atoms with Crippen molar-refractivity contribution >= 4 is 86.3 Å². The maximum Gasteiger partial charge on any atom is 0.173 e. The minimum atomic E-state index is -0.878. The number of hydrogen-bond acceptors (Lipinski definition) is 11. The molecule has 3 heterocycles. The molecule has 0 amide bonds. The van der Waals surface area contributed by atoms with E-state index < -0.39 is 17.3 Å². The minimum Gasteiger partial charge on any atom is -0.395 e. The van der Waals surface area contributed by atoms with Crippen LogP contribution < -0.4 is 36.8 Å². The van der Waals surface area contributed by atoms with Crippen LogP contribution in [0, 0.1) is 11.6 Å². The van der Waals surface area contributed by atoms with E-state index in [0.717, 1.165) is 49.9 Å².